The van der Waals surface area contributed by atoms with E-state index in [4.69, 9.17) is 10.8 Å². The molecular weight excluding hydrogens is 258 g/mol. The zero-order valence-corrected chi connectivity index (χ0v) is 11.3. The van der Waals surface area contributed by atoms with E-state index in [1.165, 1.54) is 4.90 Å². The van der Waals surface area contributed by atoms with E-state index < -0.39 is 6.09 Å². The lowest BCUT2D eigenvalue weighted by atomic mass is 9.93. The van der Waals surface area contributed by atoms with Crippen LogP contribution in [0.15, 0.2) is 12.1 Å². The molecule has 3 N–H and O–H groups in total. The molecule has 3 rings (SSSR count). The van der Waals surface area contributed by atoms with Crippen molar-refractivity contribution in [3.63, 3.8) is 0 Å². The molecule has 7 nitrogen and oxygen atoms in total. The Morgan fingerprint density at radius 2 is 2.10 bits per heavy atom. The lowest BCUT2D eigenvalue weighted by Crippen LogP contribution is -2.37. The van der Waals surface area contributed by atoms with Gasteiger partial charge in [-0.3, -0.25) is 0 Å². The monoisotopic (exact) mass is 275 g/mol. The molecule has 0 unspecified atom stereocenters. The number of piperidine rings is 1. The van der Waals surface area contributed by atoms with Gasteiger partial charge < -0.3 is 15.7 Å². The van der Waals surface area contributed by atoms with E-state index in [0.717, 1.165) is 29.9 Å². The highest BCUT2D eigenvalue weighted by Crippen LogP contribution is 2.28. The van der Waals surface area contributed by atoms with Crippen LogP contribution in [0.5, 0.6) is 0 Å². The number of amides is 1. The van der Waals surface area contributed by atoms with E-state index in [-0.39, 0.29) is 5.92 Å². The molecule has 0 saturated carbocycles. The first-order valence-electron chi connectivity index (χ1n) is 6.65. The van der Waals surface area contributed by atoms with E-state index in [2.05, 4.69) is 10.1 Å². The highest BCUT2D eigenvalue weighted by atomic mass is 16.4. The van der Waals surface area contributed by atoms with Crippen molar-refractivity contribution in [2.75, 3.05) is 18.8 Å². The average molecular weight is 275 g/mol. The Morgan fingerprint density at radius 1 is 1.40 bits per heavy atom. The molecule has 1 fully saturated rings. The minimum absolute atomic E-state index is 0.258. The van der Waals surface area contributed by atoms with Crippen LogP contribution in [0.3, 0.4) is 0 Å². The molecule has 1 amide bonds. The first-order chi connectivity index (χ1) is 9.54. The molecule has 0 radical (unpaired) electrons. The molecule has 3 heterocycles. The number of rotatable bonds is 1. The zero-order chi connectivity index (χ0) is 14.3. The molecule has 0 spiro atoms. The first-order valence-corrected chi connectivity index (χ1v) is 6.65. The van der Waals surface area contributed by atoms with Gasteiger partial charge in [0.25, 0.3) is 0 Å². The lowest BCUT2D eigenvalue weighted by molar-refractivity contribution is 0.131. The zero-order valence-electron chi connectivity index (χ0n) is 11.3. The largest absolute Gasteiger partial charge is 0.465 e. The molecule has 1 saturated heterocycles. The Bertz CT molecular complexity index is 658. The average Bonchev–Trinajstić information content (AvgIpc) is 2.80. The number of aryl methyl sites for hydroxylation is 1. The van der Waals surface area contributed by atoms with Gasteiger partial charge in [-0.05, 0) is 19.8 Å². The molecular formula is C13H17N5O2. The summed E-state index contributed by atoms with van der Waals surface area (Å²) in [7, 11) is 0. The second kappa shape index (κ2) is 4.66. The number of hydrogen-bond donors (Lipinski definition) is 2. The number of carboxylic acid groups (broad SMARTS) is 1. The van der Waals surface area contributed by atoms with Gasteiger partial charge in [-0.15, -0.1) is 0 Å². The molecule has 1 aliphatic heterocycles. The third-order valence-electron chi connectivity index (χ3n) is 3.78. The van der Waals surface area contributed by atoms with Crippen LogP contribution in [0.4, 0.5) is 10.6 Å². The second-order valence-electron chi connectivity index (χ2n) is 5.21. The molecule has 106 valence electrons. The van der Waals surface area contributed by atoms with Gasteiger partial charge in [0.2, 0.25) is 0 Å². The molecule has 0 aliphatic carbocycles. The number of fused-ring (bicyclic) bond motifs is 1. The van der Waals surface area contributed by atoms with Crippen LogP contribution in [-0.4, -0.2) is 43.8 Å². The van der Waals surface area contributed by atoms with Gasteiger partial charge in [0, 0.05) is 36.8 Å². The Hall–Kier alpha value is -2.31. The topological polar surface area (TPSA) is 96.8 Å². The minimum atomic E-state index is -0.849. The fraction of sp³-hybridized carbons (Fsp3) is 0.462. The molecule has 20 heavy (non-hydrogen) atoms. The van der Waals surface area contributed by atoms with Crippen molar-refractivity contribution in [1.82, 2.24) is 19.5 Å². The number of aromatic nitrogens is 3. The van der Waals surface area contributed by atoms with Gasteiger partial charge >= 0.3 is 6.09 Å². The Morgan fingerprint density at radius 3 is 2.75 bits per heavy atom. The van der Waals surface area contributed by atoms with Crippen molar-refractivity contribution in [1.29, 1.82) is 0 Å². The van der Waals surface area contributed by atoms with Crippen molar-refractivity contribution in [2.45, 2.75) is 25.7 Å². The maximum absolute atomic E-state index is 10.9. The summed E-state index contributed by atoms with van der Waals surface area (Å²) in [6.45, 7) is 3.00. The summed E-state index contributed by atoms with van der Waals surface area (Å²) in [6, 6.07) is 3.74. The number of nitrogens with two attached hydrogens (primary N) is 1. The molecule has 7 heteroatoms. The quantitative estimate of drug-likeness (QED) is 0.821. The number of carbonyl (C=O) groups is 1. The number of anilines is 1. The summed E-state index contributed by atoms with van der Waals surface area (Å²) in [5.74, 6) is 0.826. The van der Waals surface area contributed by atoms with Gasteiger partial charge in [0.1, 0.15) is 5.82 Å². The van der Waals surface area contributed by atoms with Crippen LogP contribution in [0.2, 0.25) is 0 Å². The van der Waals surface area contributed by atoms with Crippen LogP contribution in [0.1, 0.15) is 30.1 Å². The summed E-state index contributed by atoms with van der Waals surface area (Å²) in [5.41, 5.74) is 8.56. The summed E-state index contributed by atoms with van der Waals surface area (Å²) >= 11 is 0. The normalized spacial score (nSPS) is 16.8. The highest BCUT2D eigenvalue weighted by Gasteiger charge is 2.25. The van der Waals surface area contributed by atoms with Crippen molar-refractivity contribution >= 4 is 17.6 Å². The predicted molar refractivity (Wildman–Crippen MR) is 73.7 cm³/mol. The molecule has 0 aromatic carbocycles. The Kier molecular flexibility index (Phi) is 2.96. The van der Waals surface area contributed by atoms with Gasteiger partial charge in [0.15, 0.2) is 5.65 Å². The number of nitrogens with zero attached hydrogens (tertiary/aromatic N) is 4. The Balaban J connectivity index is 1.86. The third-order valence-corrected chi connectivity index (χ3v) is 3.78. The van der Waals surface area contributed by atoms with E-state index >= 15 is 0 Å². The van der Waals surface area contributed by atoms with Crippen LogP contribution in [0, 0.1) is 6.92 Å². The number of nitrogen functional groups attached to an aromatic ring is 1. The second-order valence-corrected chi connectivity index (χ2v) is 5.21. The van der Waals surface area contributed by atoms with Crippen molar-refractivity contribution < 1.29 is 9.90 Å². The van der Waals surface area contributed by atoms with Crippen molar-refractivity contribution in [2.24, 2.45) is 0 Å². The van der Waals surface area contributed by atoms with Crippen molar-refractivity contribution in [3.05, 3.63) is 23.5 Å². The summed E-state index contributed by atoms with van der Waals surface area (Å²) in [6.07, 6.45) is 0.710. The van der Waals surface area contributed by atoms with Gasteiger partial charge in [0.05, 0.1) is 5.69 Å². The van der Waals surface area contributed by atoms with Crippen LogP contribution >= 0.6 is 0 Å². The van der Waals surface area contributed by atoms with E-state index in [0.29, 0.717) is 18.9 Å². The summed E-state index contributed by atoms with van der Waals surface area (Å²) in [5, 5.41) is 13.2. The van der Waals surface area contributed by atoms with Gasteiger partial charge in [-0.2, -0.15) is 9.61 Å². The maximum atomic E-state index is 10.9. The lowest BCUT2D eigenvalue weighted by Gasteiger charge is -2.29. The maximum Gasteiger partial charge on any atom is 0.407 e. The molecule has 2 aromatic heterocycles. The predicted octanol–water partition coefficient (Wildman–Crippen LogP) is 1.48. The summed E-state index contributed by atoms with van der Waals surface area (Å²) < 4.78 is 1.63. The van der Waals surface area contributed by atoms with Gasteiger partial charge in [-0.25, -0.2) is 9.78 Å². The Labute approximate surface area is 116 Å². The standard InChI is InChI=1S/C13H17N5O2/c1-8-6-12-15-10(7-11(14)18(12)16-8)9-2-4-17(5-3-9)13(19)20/h6-7,9H,2-5,14H2,1H3,(H,19,20). The molecule has 0 bridgehead atoms. The number of likely N-dealkylation sites (tertiary alicyclic amines) is 1. The van der Waals surface area contributed by atoms with E-state index in [1.807, 2.05) is 19.1 Å². The van der Waals surface area contributed by atoms with Crippen LogP contribution in [-0.2, 0) is 0 Å². The SMILES string of the molecule is Cc1cc2nc(C3CCN(C(=O)O)CC3)cc(N)n2n1. The summed E-state index contributed by atoms with van der Waals surface area (Å²) in [4.78, 5) is 17.0. The minimum Gasteiger partial charge on any atom is -0.465 e. The van der Waals surface area contributed by atoms with Crippen LogP contribution < -0.4 is 5.73 Å². The van der Waals surface area contributed by atoms with Crippen molar-refractivity contribution in [3.8, 4) is 0 Å². The fourth-order valence-electron chi connectivity index (χ4n) is 2.71. The highest BCUT2D eigenvalue weighted by molar-refractivity contribution is 5.65. The molecule has 1 aliphatic rings. The molecule has 0 atom stereocenters. The smallest absolute Gasteiger partial charge is 0.407 e. The van der Waals surface area contributed by atoms with Gasteiger partial charge in [-0.1, -0.05) is 0 Å². The first kappa shape index (κ1) is 12.7. The van der Waals surface area contributed by atoms with E-state index in [1.54, 1.807) is 4.52 Å². The van der Waals surface area contributed by atoms with E-state index in [9.17, 15) is 4.79 Å². The third kappa shape index (κ3) is 2.15. The van der Waals surface area contributed by atoms with Crippen LogP contribution in [0.25, 0.3) is 5.65 Å². The number of hydrogen-bond acceptors (Lipinski definition) is 4. The molecule has 2 aromatic rings. The fourth-order valence-corrected chi connectivity index (χ4v) is 2.71.